The molecule has 3 nitrogen and oxygen atoms in total. The van der Waals surface area contributed by atoms with E-state index >= 15 is 0 Å². The van der Waals surface area contributed by atoms with Crippen molar-refractivity contribution in [3.05, 3.63) is 29.3 Å². The number of esters is 1. The molecule has 2 aliphatic carbocycles. The molecule has 0 aliphatic heterocycles. The number of aryl methyl sites for hydroxylation is 1. The fourth-order valence-electron chi connectivity index (χ4n) is 3.66. The molecule has 1 N–H and O–H groups in total. The van der Waals surface area contributed by atoms with Crippen LogP contribution >= 0.6 is 0 Å². The van der Waals surface area contributed by atoms with Crippen molar-refractivity contribution in [3.63, 3.8) is 0 Å². The number of hydrogen-bond acceptors (Lipinski definition) is 3. The second-order valence-electron chi connectivity index (χ2n) is 5.88. The topological polar surface area (TPSA) is 46.5 Å². The Hall–Kier alpha value is -1.51. The molecule has 3 atom stereocenters. The zero-order valence-corrected chi connectivity index (χ0v) is 14.8. The van der Waals surface area contributed by atoms with Gasteiger partial charge in [0.05, 0.1) is 13.0 Å². The van der Waals surface area contributed by atoms with Gasteiger partial charge in [0.25, 0.3) is 0 Å². The van der Waals surface area contributed by atoms with Gasteiger partial charge in [-0.15, -0.1) is 0 Å². The van der Waals surface area contributed by atoms with Crippen molar-refractivity contribution in [3.8, 4) is 5.75 Å². The summed E-state index contributed by atoms with van der Waals surface area (Å²) in [5, 5.41) is 9.61. The Labute approximate surface area is 134 Å². The summed E-state index contributed by atoms with van der Waals surface area (Å²) in [5.74, 6) is 0.454. The monoisotopic (exact) mass is 306 g/mol. The van der Waals surface area contributed by atoms with E-state index in [1.54, 1.807) is 6.07 Å². The van der Waals surface area contributed by atoms with Crippen molar-refractivity contribution in [2.45, 2.75) is 59.3 Å². The SMILES string of the molecule is CC.CCC.COC(=O)C1C(C)C12CCc1ccc(O)cc12. The van der Waals surface area contributed by atoms with Gasteiger partial charge in [0, 0.05) is 5.41 Å². The molecular weight excluding hydrogens is 276 g/mol. The minimum absolute atomic E-state index is 0.0319. The molecule has 124 valence electrons. The first-order valence-corrected chi connectivity index (χ1v) is 8.43. The molecular formula is C19H30O3. The van der Waals surface area contributed by atoms with Gasteiger partial charge in [-0.25, -0.2) is 0 Å². The average Bonchev–Trinajstić information content (AvgIpc) is 2.94. The number of fused-ring (bicyclic) bond motifs is 2. The molecule has 1 aromatic rings. The normalized spacial score (nSPS) is 27.0. The number of phenols is 1. The largest absolute Gasteiger partial charge is 0.508 e. The molecule has 1 saturated carbocycles. The van der Waals surface area contributed by atoms with Crippen molar-refractivity contribution in [2.24, 2.45) is 11.8 Å². The van der Waals surface area contributed by atoms with Crippen LogP contribution in [0.4, 0.5) is 0 Å². The second-order valence-corrected chi connectivity index (χ2v) is 5.88. The second kappa shape index (κ2) is 7.66. The zero-order chi connectivity index (χ0) is 16.9. The summed E-state index contributed by atoms with van der Waals surface area (Å²) in [7, 11) is 1.44. The minimum Gasteiger partial charge on any atom is -0.508 e. The third kappa shape index (κ3) is 2.99. The predicted molar refractivity (Wildman–Crippen MR) is 90.1 cm³/mol. The Morgan fingerprint density at radius 1 is 1.36 bits per heavy atom. The van der Waals surface area contributed by atoms with Crippen molar-refractivity contribution < 1.29 is 14.6 Å². The van der Waals surface area contributed by atoms with Gasteiger partial charge in [0.2, 0.25) is 0 Å². The highest BCUT2D eigenvalue weighted by Gasteiger charge is 2.68. The first-order chi connectivity index (χ1) is 10.5. The Bertz CT molecular complexity index is 509. The van der Waals surface area contributed by atoms with Gasteiger partial charge in [-0.3, -0.25) is 4.79 Å². The summed E-state index contributed by atoms with van der Waals surface area (Å²) in [4.78, 5) is 11.8. The van der Waals surface area contributed by atoms with Crippen LogP contribution in [0.25, 0.3) is 0 Å². The highest BCUT2D eigenvalue weighted by Crippen LogP contribution is 2.66. The lowest BCUT2D eigenvalue weighted by Crippen LogP contribution is -2.13. The predicted octanol–water partition coefficient (Wildman–Crippen LogP) is 4.46. The molecule has 0 heterocycles. The van der Waals surface area contributed by atoms with E-state index in [-0.39, 0.29) is 23.1 Å². The van der Waals surface area contributed by atoms with Crippen molar-refractivity contribution >= 4 is 5.97 Å². The van der Waals surface area contributed by atoms with Gasteiger partial charge < -0.3 is 9.84 Å². The van der Waals surface area contributed by atoms with Crippen molar-refractivity contribution in [1.29, 1.82) is 0 Å². The van der Waals surface area contributed by atoms with E-state index in [0.717, 1.165) is 18.4 Å². The summed E-state index contributed by atoms with van der Waals surface area (Å²) in [5.41, 5.74) is 2.35. The van der Waals surface area contributed by atoms with Crippen LogP contribution in [-0.2, 0) is 21.4 Å². The number of ether oxygens (including phenoxy) is 1. The van der Waals surface area contributed by atoms with Crippen LogP contribution in [0.1, 0.15) is 58.6 Å². The Morgan fingerprint density at radius 3 is 2.50 bits per heavy atom. The maximum absolute atomic E-state index is 11.8. The highest BCUT2D eigenvalue weighted by atomic mass is 16.5. The van der Waals surface area contributed by atoms with E-state index in [1.165, 1.54) is 19.1 Å². The third-order valence-electron chi connectivity index (χ3n) is 4.62. The molecule has 3 unspecified atom stereocenters. The van der Waals surface area contributed by atoms with E-state index in [2.05, 4.69) is 20.8 Å². The molecule has 0 bridgehead atoms. The molecule has 22 heavy (non-hydrogen) atoms. The molecule has 0 saturated heterocycles. The summed E-state index contributed by atoms with van der Waals surface area (Å²) in [6, 6.07) is 5.51. The highest BCUT2D eigenvalue weighted by molar-refractivity contribution is 5.81. The third-order valence-corrected chi connectivity index (χ3v) is 4.62. The van der Waals surface area contributed by atoms with Gasteiger partial charge in [0.1, 0.15) is 5.75 Å². The number of methoxy groups -OCH3 is 1. The Morgan fingerprint density at radius 2 is 1.95 bits per heavy atom. The Kier molecular flexibility index (Phi) is 6.46. The van der Waals surface area contributed by atoms with Gasteiger partial charge in [-0.1, -0.05) is 47.1 Å². The van der Waals surface area contributed by atoms with Crippen LogP contribution in [0.5, 0.6) is 5.75 Å². The number of benzene rings is 1. The van der Waals surface area contributed by atoms with E-state index < -0.39 is 0 Å². The lowest BCUT2D eigenvalue weighted by Gasteiger charge is -2.11. The number of hydrogen-bond donors (Lipinski definition) is 1. The number of carbonyl (C=O) groups excluding carboxylic acids is 1. The fraction of sp³-hybridized carbons (Fsp3) is 0.632. The van der Waals surface area contributed by atoms with Crippen LogP contribution in [0.3, 0.4) is 0 Å². The first-order valence-electron chi connectivity index (χ1n) is 8.43. The zero-order valence-electron chi connectivity index (χ0n) is 14.8. The maximum Gasteiger partial charge on any atom is 0.309 e. The number of phenolic OH excluding ortho intramolecular Hbond substituents is 1. The number of carbonyl (C=O) groups is 1. The first kappa shape index (κ1) is 18.5. The van der Waals surface area contributed by atoms with E-state index in [1.807, 2.05) is 26.0 Å². The molecule has 3 heteroatoms. The summed E-state index contributed by atoms with van der Waals surface area (Å²) in [6.45, 7) is 10.3. The molecule has 0 amide bonds. The van der Waals surface area contributed by atoms with Gasteiger partial charge in [0.15, 0.2) is 0 Å². The lowest BCUT2D eigenvalue weighted by atomic mass is 9.93. The van der Waals surface area contributed by atoms with Crippen molar-refractivity contribution in [2.75, 3.05) is 7.11 Å². The number of aromatic hydroxyl groups is 1. The molecule has 0 radical (unpaired) electrons. The molecule has 1 fully saturated rings. The van der Waals surface area contributed by atoms with Crippen LogP contribution in [0, 0.1) is 11.8 Å². The average molecular weight is 306 g/mol. The van der Waals surface area contributed by atoms with Gasteiger partial charge in [-0.2, -0.15) is 0 Å². The van der Waals surface area contributed by atoms with E-state index in [0.29, 0.717) is 5.92 Å². The summed E-state index contributed by atoms with van der Waals surface area (Å²) < 4.78 is 4.88. The summed E-state index contributed by atoms with van der Waals surface area (Å²) in [6.07, 6.45) is 3.24. The van der Waals surface area contributed by atoms with Gasteiger partial charge >= 0.3 is 5.97 Å². The van der Waals surface area contributed by atoms with Gasteiger partial charge in [-0.05, 0) is 42.0 Å². The number of rotatable bonds is 1. The van der Waals surface area contributed by atoms with Crippen LogP contribution < -0.4 is 0 Å². The molecule has 0 aromatic heterocycles. The summed E-state index contributed by atoms with van der Waals surface area (Å²) >= 11 is 0. The Balaban J connectivity index is 0.000000435. The van der Waals surface area contributed by atoms with Crippen LogP contribution in [0.15, 0.2) is 18.2 Å². The fourth-order valence-corrected chi connectivity index (χ4v) is 3.66. The van der Waals surface area contributed by atoms with E-state index in [4.69, 9.17) is 4.74 Å². The van der Waals surface area contributed by atoms with Crippen molar-refractivity contribution in [1.82, 2.24) is 0 Å². The van der Waals surface area contributed by atoms with Crippen LogP contribution in [0.2, 0.25) is 0 Å². The standard InChI is InChI=1S/C14H16O3.C3H8.C2H6/c1-8-12(13(16)17-2)14(8)6-5-9-3-4-10(15)7-11(9)14;1-3-2;1-2/h3-4,7-8,12,15H,5-6H2,1-2H3;3H2,1-2H3;1-2H3. The molecule has 2 aliphatic rings. The van der Waals surface area contributed by atoms with E-state index in [9.17, 15) is 9.90 Å². The quantitative estimate of drug-likeness (QED) is 0.779. The maximum atomic E-state index is 11.8. The molecule has 3 rings (SSSR count). The molecule has 1 aromatic carbocycles. The van der Waals surface area contributed by atoms with Crippen LogP contribution in [-0.4, -0.2) is 18.2 Å². The minimum atomic E-state index is -0.117. The smallest absolute Gasteiger partial charge is 0.309 e. The molecule has 1 spiro atoms. The lowest BCUT2D eigenvalue weighted by molar-refractivity contribution is -0.142.